The summed E-state index contributed by atoms with van der Waals surface area (Å²) in [5, 5.41) is 14.5. The van der Waals surface area contributed by atoms with Gasteiger partial charge in [0, 0.05) is 25.9 Å². The van der Waals surface area contributed by atoms with Crippen LogP contribution in [0.4, 0.5) is 0 Å². The maximum absolute atomic E-state index is 12.2. The Balaban J connectivity index is 3.04. The number of aromatic nitrogens is 2. The molecule has 0 aromatic carbocycles. The number of hydrogen-bond donors (Lipinski definition) is 2. The molecule has 1 rings (SSSR count). The van der Waals surface area contributed by atoms with Crippen molar-refractivity contribution in [3.8, 4) is 0 Å². The number of carbonyl (C=O) groups is 1. The molecule has 0 saturated heterocycles. The number of aryl methyl sites for hydroxylation is 1. The maximum atomic E-state index is 12.2. The predicted octanol–water partition coefficient (Wildman–Crippen LogP) is 0.0733. The minimum atomic E-state index is -3.94. The van der Waals surface area contributed by atoms with Crippen LogP contribution < -0.4 is 0 Å². The van der Waals surface area contributed by atoms with Gasteiger partial charge in [-0.2, -0.15) is 9.40 Å². The molecule has 9 heteroatoms. The van der Waals surface area contributed by atoms with E-state index in [0.29, 0.717) is 6.61 Å². The number of aromatic amines is 1. The number of sulfonamides is 1. The van der Waals surface area contributed by atoms with Crippen LogP contribution in [0.25, 0.3) is 0 Å². The summed E-state index contributed by atoms with van der Waals surface area (Å²) in [5.74, 6) is -1.33. The molecule has 0 bridgehead atoms. The molecule has 19 heavy (non-hydrogen) atoms. The van der Waals surface area contributed by atoms with Gasteiger partial charge in [-0.1, -0.05) is 0 Å². The van der Waals surface area contributed by atoms with Crippen LogP contribution in [0.1, 0.15) is 23.0 Å². The normalized spacial score (nSPS) is 12.0. The first-order valence-electron chi connectivity index (χ1n) is 5.64. The number of ether oxygens (including phenoxy) is 1. The SMILES string of the molecule is CCOCCN(C)S(=O)(=O)c1n[nH]c(C)c1C(=O)O. The van der Waals surface area contributed by atoms with Crippen molar-refractivity contribution in [3.63, 3.8) is 0 Å². The highest BCUT2D eigenvalue weighted by molar-refractivity contribution is 7.89. The zero-order chi connectivity index (χ0) is 14.6. The van der Waals surface area contributed by atoms with Crippen LogP contribution in [0.5, 0.6) is 0 Å². The molecule has 0 unspecified atom stereocenters. The van der Waals surface area contributed by atoms with Crippen LogP contribution in [0.3, 0.4) is 0 Å². The number of rotatable bonds is 7. The molecule has 108 valence electrons. The number of nitrogens with zero attached hydrogens (tertiary/aromatic N) is 2. The third-order valence-corrected chi connectivity index (χ3v) is 4.32. The van der Waals surface area contributed by atoms with Crippen LogP contribution in [0.15, 0.2) is 5.03 Å². The summed E-state index contributed by atoms with van der Waals surface area (Å²) in [6, 6.07) is 0. The Hall–Kier alpha value is -1.45. The van der Waals surface area contributed by atoms with E-state index in [1.807, 2.05) is 0 Å². The van der Waals surface area contributed by atoms with Gasteiger partial charge in [0.05, 0.1) is 6.61 Å². The van der Waals surface area contributed by atoms with Gasteiger partial charge in [0.2, 0.25) is 5.03 Å². The van der Waals surface area contributed by atoms with Crippen LogP contribution in [-0.4, -0.2) is 60.8 Å². The molecule has 1 aromatic heterocycles. The molecule has 0 amide bonds. The van der Waals surface area contributed by atoms with E-state index in [1.54, 1.807) is 6.92 Å². The van der Waals surface area contributed by atoms with Crippen molar-refractivity contribution in [3.05, 3.63) is 11.3 Å². The Labute approximate surface area is 111 Å². The zero-order valence-electron chi connectivity index (χ0n) is 11.0. The molecule has 0 aliphatic rings. The molecule has 0 spiro atoms. The lowest BCUT2D eigenvalue weighted by Crippen LogP contribution is -2.31. The number of hydrogen-bond acceptors (Lipinski definition) is 5. The molecule has 0 aliphatic heterocycles. The summed E-state index contributed by atoms with van der Waals surface area (Å²) >= 11 is 0. The lowest BCUT2D eigenvalue weighted by atomic mass is 10.3. The highest BCUT2D eigenvalue weighted by Gasteiger charge is 2.31. The van der Waals surface area contributed by atoms with Crippen molar-refractivity contribution in [2.75, 3.05) is 26.8 Å². The van der Waals surface area contributed by atoms with Crippen molar-refractivity contribution in [2.45, 2.75) is 18.9 Å². The first-order chi connectivity index (χ1) is 8.82. The summed E-state index contributed by atoms with van der Waals surface area (Å²) in [6.07, 6.45) is 0. The van der Waals surface area contributed by atoms with E-state index in [0.717, 1.165) is 4.31 Å². The second-order valence-corrected chi connectivity index (χ2v) is 5.82. The van der Waals surface area contributed by atoms with Crippen molar-refractivity contribution >= 4 is 16.0 Å². The van der Waals surface area contributed by atoms with E-state index >= 15 is 0 Å². The van der Waals surface area contributed by atoms with Crippen molar-refractivity contribution in [1.82, 2.24) is 14.5 Å². The molecule has 1 heterocycles. The molecular weight excluding hydrogens is 274 g/mol. The number of carboxylic acid groups (broad SMARTS) is 1. The summed E-state index contributed by atoms with van der Waals surface area (Å²) < 4.78 is 30.5. The Kier molecular flexibility index (Phi) is 5.04. The van der Waals surface area contributed by atoms with Crippen molar-refractivity contribution in [2.24, 2.45) is 0 Å². The van der Waals surface area contributed by atoms with E-state index in [1.165, 1.54) is 14.0 Å². The predicted molar refractivity (Wildman–Crippen MR) is 66.6 cm³/mol. The Morgan fingerprint density at radius 2 is 2.16 bits per heavy atom. The first kappa shape index (κ1) is 15.6. The molecule has 2 N–H and O–H groups in total. The fourth-order valence-corrected chi connectivity index (χ4v) is 2.72. The highest BCUT2D eigenvalue weighted by atomic mass is 32.2. The number of aromatic carboxylic acids is 1. The molecule has 8 nitrogen and oxygen atoms in total. The minimum absolute atomic E-state index is 0.126. The molecule has 0 fully saturated rings. The van der Waals surface area contributed by atoms with E-state index in [9.17, 15) is 13.2 Å². The third-order valence-electron chi connectivity index (χ3n) is 2.54. The van der Waals surface area contributed by atoms with E-state index in [2.05, 4.69) is 10.2 Å². The van der Waals surface area contributed by atoms with E-state index in [-0.39, 0.29) is 24.4 Å². The largest absolute Gasteiger partial charge is 0.478 e. The maximum Gasteiger partial charge on any atom is 0.340 e. The van der Waals surface area contributed by atoms with Gasteiger partial charge in [-0.15, -0.1) is 0 Å². The van der Waals surface area contributed by atoms with E-state index < -0.39 is 21.0 Å². The fourth-order valence-electron chi connectivity index (χ4n) is 1.45. The van der Waals surface area contributed by atoms with Gasteiger partial charge in [0.15, 0.2) is 0 Å². The van der Waals surface area contributed by atoms with E-state index in [4.69, 9.17) is 9.84 Å². The van der Waals surface area contributed by atoms with Gasteiger partial charge < -0.3 is 9.84 Å². The average molecular weight is 291 g/mol. The van der Waals surface area contributed by atoms with Gasteiger partial charge in [0.25, 0.3) is 10.0 Å². The van der Waals surface area contributed by atoms with Crippen LogP contribution in [0, 0.1) is 6.92 Å². The zero-order valence-corrected chi connectivity index (χ0v) is 11.8. The monoisotopic (exact) mass is 291 g/mol. The third kappa shape index (κ3) is 3.31. The lowest BCUT2D eigenvalue weighted by Gasteiger charge is -2.15. The fraction of sp³-hybridized carbons (Fsp3) is 0.600. The van der Waals surface area contributed by atoms with Gasteiger partial charge in [0.1, 0.15) is 5.56 Å². The molecule has 0 atom stereocenters. The smallest absolute Gasteiger partial charge is 0.340 e. The number of carboxylic acids is 1. The molecule has 0 radical (unpaired) electrons. The molecule has 0 saturated carbocycles. The number of H-pyrrole nitrogens is 1. The van der Waals surface area contributed by atoms with Crippen LogP contribution in [0.2, 0.25) is 0 Å². The van der Waals surface area contributed by atoms with Crippen LogP contribution >= 0.6 is 0 Å². The van der Waals surface area contributed by atoms with Crippen LogP contribution in [-0.2, 0) is 14.8 Å². The molecule has 1 aromatic rings. The molecule has 0 aliphatic carbocycles. The Morgan fingerprint density at radius 3 is 2.68 bits per heavy atom. The summed E-state index contributed by atoms with van der Waals surface area (Å²) in [7, 11) is -2.59. The van der Waals surface area contributed by atoms with Crippen molar-refractivity contribution < 1.29 is 23.1 Å². The number of likely N-dealkylation sites (N-methyl/N-ethyl adjacent to an activating group) is 1. The standard InChI is InChI=1S/C10H17N3O5S/c1-4-18-6-5-13(3)19(16,17)9-8(10(14)15)7(2)11-12-9/h4-6H2,1-3H3,(H,11,12)(H,14,15). The Bertz CT molecular complexity index is 552. The first-order valence-corrected chi connectivity index (χ1v) is 7.08. The summed E-state index contributed by atoms with van der Waals surface area (Å²) in [5.41, 5.74) is -0.132. The highest BCUT2D eigenvalue weighted by Crippen LogP contribution is 2.19. The van der Waals surface area contributed by atoms with Crippen molar-refractivity contribution in [1.29, 1.82) is 0 Å². The average Bonchev–Trinajstić information content (AvgIpc) is 2.72. The number of nitrogens with one attached hydrogen (secondary N) is 1. The minimum Gasteiger partial charge on any atom is -0.478 e. The van der Waals surface area contributed by atoms with Gasteiger partial charge in [-0.05, 0) is 13.8 Å². The van der Waals surface area contributed by atoms with Gasteiger partial charge in [-0.3, -0.25) is 5.10 Å². The topological polar surface area (TPSA) is 113 Å². The summed E-state index contributed by atoms with van der Waals surface area (Å²) in [4.78, 5) is 11.1. The second kappa shape index (κ2) is 6.13. The lowest BCUT2D eigenvalue weighted by molar-refractivity contribution is 0.0691. The summed E-state index contributed by atoms with van der Waals surface area (Å²) in [6.45, 7) is 4.10. The second-order valence-electron chi connectivity index (χ2n) is 3.86. The van der Waals surface area contributed by atoms with Gasteiger partial charge in [-0.25, -0.2) is 13.2 Å². The Morgan fingerprint density at radius 1 is 1.53 bits per heavy atom. The molecular formula is C10H17N3O5S. The quantitative estimate of drug-likeness (QED) is 0.688. The van der Waals surface area contributed by atoms with Gasteiger partial charge >= 0.3 is 5.97 Å².